The first-order valence-electron chi connectivity index (χ1n) is 8.04. The number of guanidine groups is 1. The van der Waals surface area contributed by atoms with Crippen LogP contribution in [0.3, 0.4) is 0 Å². The Morgan fingerprint density at radius 3 is 2.71 bits per heavy atom. The van der Waals surface area contributed by atoms with Gasteiger partial charge in [0.25, 0.3) is 0 Å². The molecule has 136 valence electrons. The third-order valence-corrected chi connectivity index (χ3v) is 3.82. The van der Waals surface area contributed by atoms with Crippen molar-refractivity contribution in [3.05, 3.63) is 11.7 Å². The van der Waals surface area contributed by atoms with Gasteiger partial charge < -0.3 is 19.5 Å². The minimum absolute atomic E-state index is 0. The summed E-state index contributed by atoms with van der Waals surface area (Å²) in [6.45, 7) is 6.82. The van der Waals surface area contributed by atoms with E-state index in [2.05, 4.69) is 25.3 Å². The molecule has 0 saturated carbocycles. The van der Waals surface area contributed by atoms with Crippen LogP contribution in [0.25, 0.3) is 0 Å². The van der Waals surface area contributed by atoms with E-state index < -0.39 is 0 Å². The molecule has 1 aliphatic heterocycles. The van der Waals surface area contributed by atoms with Crippen LogP contribution in [-0.2, 0) is 16.0 Å². The predicted octanol–water partition coefficient (Wildman–Crippen LogP) is 1.39. The first kappa shape index (κ1) is 20.7. The standard InChI is InChI=1S/C15H25N5O3.HI/c1-4-16-15(17-8-5-13-18-11(2)19-23-13)20-9-6-12(7-10-20)14(21)22-3;/h12H,4-10H2,1-3H3,(H,16,17);1H. The maximum Gasteiger partial charge on any atom is 0.308 e. The van der Waals surface area contributed by atoms with Gasteiger partial charge >= 0.3 is 5.97 Å². The van der Waals surface area contributed by atoms with E-state index in [1.807, 2.05) is 6.92 Å². The molecule has 0 bridgehead atoms. The number of aromatic nitrogens is 2. The van der Waals surface area contributed by atoms with Crippen molar-refractivity contribution in [3.63, 3.8) is 0 Å². The second-order valence-electron chi connectivity index (χ2n) is 5.51. The molecule has 0 amide bonds. The largest absolute Gasteiger partial charge is 0.469 e. The van der Waals surface area contributed by atoms with Crippen molar-refractivity contribution in [1.82, 2.24) is 20.4 Å². The van der Waals surface area contributed by atoms with Crippen molar-refractivity contribution >= 4 is 35.9 Å². The van der Waals surface area contributed by atoms with Crippen LogP contribution in [0.1, 0.15) is 31.5 Å². The molecular formula is C15H26IN5O3. The molecule has 8 nitrogen and oxygen atoms in total. The van der Waals surface area contributed by atoms with Gasteiger partial charge in [-0.25, -0.2) is 0 Å². The smallest absolute Gasteiger partial charge is 0.308 e. The fourth-order valence-corrected chi connectivity index (χ4v) is 2.62. The molecule has 0 radical (unpaired) electrons. The van der Waals surface area contributed by atoms with Crippen LogP contribution in [0.5, 0.6) is 0 Å². The van der Waals surface area contributed by atoms with Crippen LogP contribution in [0.15, 0.2) is 9.52 Å². The summed E-state index contributed by atoms with van der Waals surface area (Å²) in [5, 5.41) is 7.06. The van der Waals surface area contributed by atoms with Gasteiger partial charge in [-0.2, -0.15) is 4.98 Å². The van der Waals surface area contributed by atoms with E-state index in [9.17, 15) is 4.79 Å². The number of rotatable bonds is 5. The van der Waals surface area contributed by atoms with Gasteiger partial charge in [0.05, 0.1) is 19.6 Å². The average molecular weight is 451 g/mol. The normalized spacial score (nSPS) is 15.8. The number of hydrogen-bond donors (Lipinski definition) is 1. The zero-order valence-electron chi connectivity index (χ0n) is 14.4. The van der Waals surface area contributed by atoms with Gasteiger partial charge in [-0.05, 0) is 26.7 Å². The molecule has 1 saturated heterocycles. The molecule has 0 atom stereocenters. The third-order valence-electron chi connectivity index (χ3n) is 3.82. The van der Waals surface area contributed by atoms with E-state index in [4.69, 9.17) is 9.26 Å². The SMILES string of the molecule is CCNC(=NCCc1nc(C)no1)N1CCC(C(=O)OC)CC1.I. The molecule has 0 aliphatic carbocycles. The molecule has 0 aromatic carbocycles. The fourth-order valence-electron chi connectivity index (χ4n) is 2.62. The zero-order chi connectivity index (χ0) is 16.7. The first-order chi connectivity index (χ1) is 11.1. The number of nitrogens with one attached hydrogen (secondary N) is 1. The summed E-state index contributed by atoms with van der Waals surface area (Å²) in [7, 11) is 1.44. The lowest BCUT2D eigenvalue weighted by atomic mass is 9.97. The number of likely N-dealkylation sites (tertiary alicyclic amines) is 1. The number of halogens is 1. The van der Waals surface area contributed by atoms with Crippen molar-refractivity contribution < 1.29 is 14.1 Å². The van der Waals surface area contributed by atoms with Crippen LogP contribution >= 0.6 is 24.0 Å². The van der Waals surface area contributed by atoms with Gasteiger partial charge in [0, 0.05) is 26.1 Å². The Kier molecular flexibility index (Phi) is 9.01. The predicted molar refractivity (Wildman–Crippen MR) is 100 cm³/mol. The number of methoxy groups -OCH3 is 1. The average Bonchev–Trinajstić information content (AvgIpc) is 2.99. The second-order valence-corrected chi connectivity index (χ2v) is 5.51. The Morgan fingerprint density at radius 2 is 2.17 bits per heavy atom. The molecule has 2 heterocycles. The van der Waals surface area contributed by atoms with Gasteiger partial charge in [0.15, 0.2) is 11.8 Å². The molecule has 0 spiro atoms. The number of hydrogen-bond acceptors (Lipinski definition) is 6. The van der Waals surface area contributed by atoms with Gasteiger partial charge in [-0.15, -0.1) is 24.0 Å². The van der Waals surface area contributed by atoms with Crippen LogP contribution in [0, 0.1) is 12.8 Å². The molecule has 1 aliphatic rings. The van der Waals surface area contributed by atoms with Crippen LogP contribution in [0.2, 0.25) is 0 Å². The first-order valence-corrected chi connectivity index (χ1v) is 8.04. The van der Waals surface area contributed by atoms with E-state index in [0.717, 1.165) is 38.4 Å². The van der Waals surface area contributed by atoms with E-state index >= 15 is 0 Å². The molecule has 1 aromatic heterocycles. The quantitative estimate of drug-likeness (QED) is 0.313. The maximum atomic E-state index is 11.6. The number of ether oxygens (including phenoxy) is 1. The van der Waals surface area contributed by atoms with Crippen LogP contribution in [-0.4, -0.2) is 60.3 Å². The Bertz CT molecular complexity index is 541. The zero-order valence-corrected chi connectivity index (χ0v) is 16.8. The van der Waals surface area contributed by atoms with Crippen molar-refractivity contribution in [3.8, 4) is 0 Å². The Morgan fingerprint density at radius 1 is 1.46 bits per heavy atom. The number of piperidine rings is 1. The number of carbonyl (C=O) groups is 1. The second kappa shape index (κ2) is 10.5. The lowest BCUT2D eigenvalue weighted by molar-refractivity contribution is -0.146. The lowest BCUT2D eigenvalue weighted by Gasteiger charge is -2.33. The van der Waals surface area contributed by atoms with Crippen molar-refractivity contribution in [1.29, 1.82) is 0 Å². The minimum Gasteiger partial charge on any atom is -0.469 e. The summed E-state index contributed by atoms with van der Waals surface area (Å²) in [5.41, 5.74) is 0. The Labute approximate surface area is 159 Å². The molecule has 24 heavy (non-hydrogen) atoms. The maximum absolute atomic E-state index is 11.6. The summed E-state index contributed by atoms with van der Waals surface area (Å²) in [6.07, 6.45) is 2.20. The van der Waals surface area contributed by atoms with E-state index in [1.54, 1.807) is 6.92 Å². The summed E-state index contributed by atoms with van der Waals surface area (Å²) in [4.78, 5) is 22.6. The summed E-state index contributed by atoms with van der Waals surface area (Å²) in [5.74, 6) is 2.00. The highest BCUT2D eigenvalue weighted by atomic mass is 127. The molecule has 1 N–H and O–H groups in total. The highest BCUT2D eigenvalue weighted by Gasteiger charge is 2.26. The van der Waals surface area contributed by atoms with Gasteiger partial charge in [-0.1, -0.05) is 5.16 Å². The molecule has 1 fully saturated rings. The van der Waals surface area contributed by atoms with Crippen molar-refractivity contribution in [2.24, 2.45) is 10.9 Å². The number of esters is 1. The lowest BCUT2D eigenvalue weighted by Crippen LogP contribution is -2.46. The monoisotopic (exact) mass is 451 g/mol. The number of aliphatic imine (C=N–C) groups is 1. The summed E-state index contributed by atoms with van der Waals surface area (Å²) < 4.78 is 9.91. The number of nitrogens with zero attached hydrogens (tertiary/aromatic N) is 4. The van der Waals surface area contributed by atoms with Crippen molar-refractivity contribution in [2.45, 2.75) is 33.1 Å². The highest BCUT2D eigenvalue weighted by molar-refractivity contribution is 14.0. The minimum atomic E-state index is -0.113. The number of aryl methyl sites for hydroxylation is 1. The molecule has 0 unspecified atom stereocenters. The highest BCUT2D eigenvalue weighted by Crippen LogP contribution is 2.18. The molecule has 9 heteroatoms. The van der Waals surface area contributed by atoms with Gasteiger partial charge in [-0.3, -0.25) is 9.79 Å². The van der Waals surface area contributed by atoms with E-state index in [0.29, 0.717) is 24.7 Å². The van der Waals surface area contributed by atoms with Crippen LogP contribution in [0.4, 0.5) is 0 Å². The van der Waals surface area contributed by atoms with Gasteiger partial charge in [0.2, 0.25) is 5.89 Å². The summed E-state index contributed by atoms with van der Waals surface area (Å²) in [6, 6.07) is 0. The molecule has 2 rings (SSSR count). The number of carbonyl (C=O) groups excluding carboxylic acids is 1. The summed E-state index contributed by atoms with van der Waals surface area (Å²) >= 11 is 0. The van der Waals surface area contributed by atoms with E-state index in [-0.39, 0.29) is 35.9 Å². The molecule has 1 aromatic rings. The van der Waals surface area contributed by atoms with Crippen molar-refractivity contribution in [2.75, 3.05) is 33.3 Å². The van der Waals surface area contributed by atoms with Gasteiger partial charge in [0.1, 0.15) is 0 Å². The third kappa shape index (κ3) is 5.91. The molecular weight excluding hydrogens is 425 g/mol. The Hall–Kier alpha value is -1.39. The Balaban J connectivity index is 0.00000288. The fraction of sp³-hybridized carbons (Fsp3) is 0.733. The van der Waals surface area contributed by atoms with E-state index in [1.165, 1.54) is 7.11 Å². The van der Waals surface area contributed by atoms with Crippen LogP contribution < -0.4 is 5.32 Å². The topological polar surface area (TPSA) is 92.9 Å².